The van der Waals surface area contributed by atoms with Crippen LogP contribution in [0.4, 0.5) is 13.2 Å². The summed E-state index contributed by atoms with van der Waals surface area (Å²) < 4.78 is 42.1. The lowest BCUT2D eigenvalue weighted by Gasteiger charge is -2.45. The van der Waals surface area contributed by atoms with Gasteiger partial charge in [0.15, 0.2) is 5.60 Å². The Morgan fingerprint density at radius 2 is 1.78 bits per heavy atom. The minimum atomic E-state index is -4.75. The molecule has 0 bridgehead atoms. The molecule has 1 aliphatic heterocycles. The quantitative estimate of drug-likeness (QED) is 0.669. The van der Waals surface area contributed by atoms with Gasteiger partial charge in [0.25, 0.3) is 0 Å². The standard InChI is InChI=1S/C25H30F3N3O/c1-18-5-10-21(16-30-18)22(2,3)31-14-13-24(17-31,23(4,32)25(26,27)28)12-11-19-6-8-20(15-29)9-7-19/h5-10,16,32H,11-14,17H2,1-4H3. The molecule has 1 N–H and O–H groups in total. The summed E-state index contributed by atoms with van der Waals surface area (Å²) in [6.45, 7) is 7.34. The first-order chi connectivity index (χ1) is 14.8. The minimum Gasteiger partial charge on any atom is -0.380 e. The second-order valence-corrected chi connectivity index (χ2v) is 9.58. The van der Waals surface area contributed by atoms with E-state index < -0.39 is 22.7 Å². The highest BCUT2D eigenvalue weighted by molar-refractivity contribution is 5.32. The van der Waals surface area contributed by atoms with Gasteiger partial charge in [-0.1, -0.05) is 18.2 Å². The molecule has 32 heavy (non-hydrogen) atoms. The molecule has 1 aromatic heterocycles. The van der Waals surface area contributed by atoms with Crippen LogP contribution in [-0.4, -0.2) is 39.9 Å². The predicted octanol–water partition coefficient (Wildman–Crippen LogP) is 5.14. The third kappa shape index (κ3) is 4.39. The van der Waals surface area contributed by atoms with Crippen LogP contribution >= 0.6 is 0 Å². The Labute approximate surface area is 187 Å². The average Bonchev–Trinajstić information content (AvgIpc) is 3.19. The van der Waals surface area contributed by atoms with Gasteiger partial charge in [0.2, 0.25) is 0 Å². The van der Waals surface area contributed by atoms with Crippen molar-refractivity contribution in [3.63, 3.8) is 0 Å². The zero-order chi connectivity index (χ0) is 23.8. The van der Waals surface area contributed by atoms with Crippen LogP contribution in [0.1, 0.15) is 56.0 Å². The number of aryl methyl sites for hydroxylation is 2. The lowest BCUT2D eigenvalue weighted by molar-refractivity contribution is -0.294. The van der Waals surface area contributed by atoms with Crippen molar-refractivity contribution >= 4 is 0 Å². The largest absolute Gasteiger partial charge is 0.417 e. The second-order valence-electron chi connectivity index (χ2n) is 9.58. The number of benzene rings is 1. The van der Waals surface area contributed by atoms with E-state index >= 15 is 0 Å². The number of aliphatic hydroxyl groups is 1. The highest BCUT2D eigenvalue weighted by Gasteiger charge is 2.64. The lowest BCUT2D eigenvalue weighted by Crippen LogP contribution is -2.58. The summed E-state index contributed by atoms with van der Waals surface area (Å²) in [6, 6.07) is 12.8. The van der Waals surface area contributed by atoms with Gasteiger partial charge in [0.1, 0.15) is 0 Å². The van der Waals surface area contributed by atoms with Gasteiger partial charge in [-0.2, -0.15) is 18.4 Å². The van der Waals surface area contributed by atoms with Gasteiger partial charge in [-0.05, 0) is 82.8 Å². The maximum absolute atomic E-state index is 14.0. The van der Waals surface area contributed by atoms with E-state index in [2.05, 4.69) is 4.98 Å². The summed E-state index contributed by atoms with van der Waals surface area (Å²) in [7, 11) is 0. The monoisotopic (exact) mass is 445 g/mol. The van der Waals surface area contributed by atoms with Crippen LogP contribution in [0.3, 0.4) is 0 Å². The Morgan fingerprint density at radius 1 is 1.12 bits per heavy atom. The summed E-state index contributed by atoms with van der Waals surface area (Å²) in [5.41, 5.74) is -1.55. The number of nitrogens with zero attached hydrogens (tertiary/aromatic N) is 3. The maximum Gasteiger partial charge on any atom is 0.417 e. The van der Waals surface area contributed by atoms with Crippen LogP contribution in [-0.2, 0) is 12.0 Å². The first kappa shape index (κ1) is 24.2. The molecule has 0 spiro atoms. The summed E-state index contributed by atoms with van der Waals surface area (Å²) in [6.07, 6.45) is -2.17. The molecule has 4 nitrogen and oxygen atoms in total. The van der Waals surface area contributed by atoms with Gasteiger partial charge >= 0.3 is 6.18 Å². The van der Waals surface area contributed by atoms with E-state index in [0.717, 1.165) is 23.7 Å². The Balaban J connectivity index is 1.90. The van der Waals surface area contributed by atoms with Crippen molar-refractivity contribution in [2.24, 2.45) is 5.41 Å². The number of rotatable bonds is 6. The van der Waals surface area contributed by atoms with Crippen molar-refractivity contribution in [2.75, 3.05) is 13.1 Å². The van der Waals surface area contributed by atoms with Crippen LogP contribution in [0.5, 0.6) is 0 Å². The van der Waals surface area contributed by atoms with Crippen molar-refractivity contribution in [1.29, 1.82) is 5.26 Å². The molecule has 2 aromatic rings. The Kier molecular flexibility index (Phi) is 6.43. The first-order valence-corrected chi connectivity index (χ1v) is 10.8. The fourth-order valence-electron chi connectivity index (χ4n) is 4.64. The number of nitriles is 1. The van der Waals surface area contributed by atoms with Gasteiger partial charge in [-0.15, -0.1) is 0 Å². The number of pyridine rings is 1. The molecule has 2 heterocycles. The normalized spacial score (nSPS) is 21.8. The van der Waals surface area contributed by atoms with Crippen LogP contribution in [0.15, 0.2) is 42.6 Å². The molecule has 3 rings (SSSR count). The number of hydrogen-bond acceptors (Lipinski definition) is 4. The number of alkyl halides is 3. The Morgan fingerprint density at radius 3 is 2.31 bits per heavy atom. The van der Waals surface area contributed by atoms with E-state index in [1.54, 1.807) is 30.5 Å². The summed E-state index contributed by atoms with van der Waals surface area (Å²) in [5.74, 6) is 0. The van der Waals surface area contributed by atoms with E-state index in [1.165, 1.54) is 0 Å². The van der Waals surface area contributed by atoms with Crippen molar-refractivity contribution < 1.29 is 18.3 Å². The molecule has 2 atom stereocenters. The Bertz CT molecular complexity index is 975. The van der Waals surface area contributed by atoms with Gasteiger partial charge in [-0.3, -0.25) is 9.88 Å². The van der Waals surface area contributed by atoms with Gasteiger partial charge in [0, 0.05) is 29.4 Å². The maximum atomic E-state index is 14.0. The summed E-state index contributed by atoms with van der Waals surface area (Å²) in [5, 5.41) is 19.8. The van der Waals surface area contributed by atoms with E-state index in [1.807, 2.05) is 43.9 Å². The zero-order valence-corrected chi connectivity index (χ0v) is 19.0. The average molecular weight is 446 g/mol. The van der Waals surface area contributed by atoms with Crippen LogP contribution in [0.2, 0.25) is 0 Å². The zero-order valence-electron chi connectivity index (χ0n) is 19.0. The fraction of sp³-hybridized carbons (Fsp3) is 0.520. The van der Waals surface area contributed by atoms with Crippen molar-refractivity contribution in [2.45, 2.75) is 64.3 Å². The highest BCUT2D eigenvalue weighted by Crippen LogP contribution is 2.53. The minimum absolute atomic E-state index is 0.122. The van der Waals surface area contributed by atoms with E-state index in [-0.39, 0.29) is 19.4 Å². The summed E-state index contributed by atoms with van der Waals surface area (Å²) >= 11 is 0. The van der Waals surface area contributed by atoms with Gasteiger partial charge in [0.05, 0.1) is 11.6 Å². The Hall–Kier alpha value is -2.43. The number of halogens is 3. The van der Waals surface area contributed by atoms with Crippen molar-refractivity contribution in [3.05, 3.63) is 65.0 Å². The molecular formula is C25H30F3N3O. The third-order valence-corrected chi connectivity index (χ3v) is 7.32. The van der Waals surface area contributed by atoms with Crippen molar-refractivity contribution in [3.8, 4) is 6.07 Å². The highest BCUT2D eigenvalue weighted by atomic mass is 19.4. The smallest absolute Gasteiger partial charge is 0.380 e. The van der Waals surface area contributed by atoms with Crippen LogP contribution in [0, 0.1) is 23.7 Å². The molecule has 1 aliphatic rings. The van der Waals surface area contributed by atoms with Gasteiger partial charge in [-0.25, -0.2) is 0 Å². The molecule has 1 saturated heterocycles. The van der Waals surface area contributed by atoms with Crippen molar-refractivity contribution in [1.82, 2.24) is 9.88 Å². The van der Waals surface area contributed by atoms with Crippen LogP contribution in [0.25, 0.3) is 0 Å². The number of aromatic nitrogens is 1. The summed E-state index contributed by atoms with van der Waals surface area (Å²) in [4.78, 5) is 6.38. The molecule has 0 aliphatic carbocycles. The first-order valence-electron chi connectivity index (χ1n) is 10.8. The second kappa shape index (κ2) is 8.49. The van der Waals surface area contributed by atoms with E-state index in [9.17, 15) is 18.3 Å². The molecule has 7 heteroatoms. The molecule has 1 aromatic carbocycles. The number of likely N-dealkylation sites (tertiary alicyclic amines) is 1. The molecule has 172 valence electrons. The fourth-order valence-corrected chi connectivity index (χ4v) is 4.64. The number of hydrogen-bond donors (Lipinski definition) is 1. The molecular weight excluding hydrogens is 415 g/mol. The van der Waals surface area contributed by atoms with E-state index in [0.29, 0.717) is 18.5 Å². The molecule has 0 saturated carbocycles. The molecule has 2 unspecified atom stereocenters. The predicted molar refractivity (Wildman–Crippen MR) is 117 cm³/mol. The SMILES string of the molecule is Cc1ccc(C(C)(C)N2CCC(CCc3ccc(C#N)cc3)(C(C)(O)C(F)(F)F)C2)cn1. The molecule has 0 amide bonds. The van der Waals surface area contributed by atoms with Gasteiger partial charge < -0.3 is 5.11 Å². The molecule has 1 fully saturated rings. The van der Waals surface area contributed by atoms with Crippen LogP contribution < -0.4 is 0 Å². The molecule has 0 radical (unpaired) electrons. The third-order valence-electron chi connectivity index (χ3n) is 7.32. The lowest BCUT2D eigenvalue weighted by atomic mass is 9.68. The topological polar surface area (TPSA) is 60.2 Å². The van der Waals surface area contributed by atoms with E-state index in [4.69, 9.17) is 5.26 Å².